The van der Waals surface area contributed by atoms with Crippen LogP contribution in [-0.2, 0) is 21.9 Å². The summed E-state index contributed by atoms with van der Waals surface area (Å²) in [5.41, 5.74) is 3.70. The Kier molecular flexibility index (Phi) is 9.80. The zero-order valence-corrected chi connectivity index (χ0v) is 23.2. The van der Waals surface area contributed by atoms with E-state index in [2.05, 4.69) is 79.7 Å². The number of hydrogen-bond acceptors (Lipinski definition) is 5. The SMILES string of the molecule is CC1CN(c2ccc(C=Cc3cc[n+](C)cc3)cc2)CC(C)O1.O=S(=O)([O-])c1cc(Cl)c(Cl)cc1Cl. The van der Waals surface area contributed by atoms with Gasteiger partial charge in [0.1, 0.15) is 17.2 Å². The third-order valence-electron chi connectivity index (χ3n) is 5.39. The summed E-state index contributed by atoms with van der Waals surface area (Å²) in [6, 6.07) is 15.0. The van der Waals surface area contributed by atoms with Crippen LogP contribution in [0.25, 0.3) is 12.2 Å². The fourth-order valence-corrected chi connectivity index (χ4v) is 5.15. The summed E-state index contributed by atoms with van der Waals surface area (Å²) in [5, 5.41) is -0.163. The van der Waals surface area contributed by atoms with Crippen LogP contribution < -0.4 is 9.47 Å². The van der Waals surface area contributed by atoms with E-state index in [4.69, 9.17) is 39.5 Å². The quantitative estimate of drug-likeness (QED) is 0.224. The van der Waals surface area contributed by atoms with E-state index in [-0.39, 0.29) is 27.3 Å². The molecular weight excluding hydrogens is 543 g/mol. The Hall–Kier alpha value is -2.13. The van der Waals surface area contributed by atoms with Crippen molar-refractivity contribution in [3.05, 3.63) is 87.1 Å². The number of rotatable bonds is 4. The molecule has 6 nitrogen and oxygen atoms in total. The molecule has 192 valence electrons. The number of aryl methyl sites for hydroxylation is 1. The van der Waals surface area contributed by atoms with Gasteiger partial charge in [-0.3, -0.25) is 0 Å². The number of anilines is 1. The highest BCUT2D eigenvalue weighted by Crippen LogP contribution is 2.31. The lowest BCUT2D eigenvalue weighted by molar-refractivity contribution is -0.671. The van der Waals surface area contributed by atoms with Crippen LogP contribution in [0.5, 0.6) is 0 Å². The summed E-state index contributed by atoms with van der Waals surface area (Å²) < 4.78 is 39.6. The third kappa shape index (κ3) is 8.20. The van der Waals surface area contributed by atoms with Crippen molar-refractivity contribution in [3.8, 4) is 0 Å². The maximum Gasteiger partial charge on any atom is 0.169 e. The lowest BCUT2D eigenvalue weighted by atomic mass is 10.1. The molecule has 0 bridgehead atoms. The molecule has 36 heavy (non-hydrogen) atoms. The zero-order chi connectivity index (χ0) is 26.5. The van der Waals surface area contributed by atoms with E-state index in [1.165, 1.54) is 16.8 Å². The van der Waals surface area contributed by atoms with E-state index in [1.54, 1.807) is 0 Å². The fraction of sp³-hybridized carbons (Fsp3) is 0.269. The van der Waals surface area contributed by atoms with E-state index in [0.29, 0.717) is 0 Å². The van der Waals surface area contributed by atoms with Gasteiger partial charge in [-0.1, -0.05) is 59.1 Å². The third-order valence-corrected chi connectivity index (χ3v) is 7.42. The van der Waals surface area contributed by atoms with Crippen LogP contribution >= 0.6 is 34.8 Å². The molecule has 0 radical (unpaired) electrons. The first-order valence-electron chi connectivity index (χ1n) is 11.2. The van der Waals surface area contributed by atoms with E-state index in [9.17, 15) is 13.0 Å². The molecule has 1 aliphatic rings. The molecular formula is C26H27Cl3N2O4S. The highest BCUT2D eigenvalue weighted by atomic mass is 35.5. The predicted molar refractivity (Wildman–Crippen MR) is 145 cm³/mol. The maximum absolute atomic E-state index is 10.6. The number of morpholine rings is 1. The second kappa shape index (κ2) is 12.4. The minimum absolute atomic E-state index is 0.0273. The van der Waals surface area contributed by atoms with Gasteiger partial charge >= 0.3 is 0 Å². The fourth-order valence-electron chi connectivity index (χ4n) is 3.70. The Balaban J connectivity index is 0.000000236. The first kappa shape index (κ1) is 28.4. The average molecular weight is 570 g/mol. The molecule has 2 heterocycles. The minimum Gasteiger partial charge on any atom is -0.744 e. The largest absolute Gasteiger partial charge is 0.744 e. The number of pyridine rings is 1. The van der Waals surface area contributed by atoms with E-state index >= 15 is 0 Å². The average Bonchev–Trinajstić information content (AvgIpc) is 2.80. The van der Waals surface area contributed by atoms with Gasteiger partial charge in [0.25, 0.3) is 0 Å². The van der Waals surface area contributed by atoms with Crippen LogP contribution in [0.2, 0.25) is 15.1 Å². The highest BCUT2D eigenvalue weighted by molar-refractivity contribution is 7.85. The van der Waals surface area contributed by atoms with Crippen LogP contribution in [0, 0.1) is 0 Å². The Labute approximate surface area is 227 Å². The molecule has 1 aromatic heterocycles. The van der Waals surface area contributed by atoms with Crippen molar-refractivity contribution >= 4 is 62.8 Å². The molecule has 0 amide bonds. The number of benzene rings is 2. The van der Waals surface area contributed by atoms with Crippen LogP contribution in [0.4, 0.5) is 5.69 Å². The molecule has 0 N–H and O–H groups in total. The van der Waals surface area contributed by atoms with Crippen molar-refractivity contribution in [1.82, 2.24) is 0 Å². The van der Waals surface area contributed by atoms with Crippen molar-refractivity contribution in [2.75, 3.05) is 18.0 Å². The molecule has 1 aliphatic heterocycles. The zero-order valence-electron chi connectivity index (χ0n) is 20.1. The normalized spacial score (nSPS) is 18.1. The summed E-state index contributed by atoms with van der Waals surface area (Å²) in [6.45, 7) is 6.19. The van der Waals surface area contributed by atoms with E-state index in [0.717, 1.165) is 25.2 Å². The second-order valence-electron chi connectivity index (χ2n) is 8.53. The van der Waals surface area contributed by atoms with Crippen LogP contribution in [0.1, 0.15) is 25.0 Å². The van der Waals surface area contributed by atoms with Crippen LogP contribution in [-0.4, -0.2) is 38.3 Å². The first-order chi connectivity index (χ1) is 16.9. The molecule has 0 spiro atoms. The lowest BCUT2D eigenvalue weighted by Gasteiger charge is -2.36. The smallest absolute Gasteiger partial charge is 0.169 e. The van der Waals surface area contributed by atoms with E-state index in [1.807, 2.05) is 11.6 Å². The van der Waals surface area contributed by atoms with Gasteiger partial charge in [0, 0.05) is 30.9 Å². The topological polar surface area (TPSA) is 73.5 Å². The molecule has 10 heteroatoms. The summed E-state index contributed by atoms with van der Waals surface area (Å²) in [5.74, 6) is 0. The minimum atomic E-state index is -4.60. The highest BCUT2D eigenvalue weighted by Gasteiger charge is 2.22. The molecule has 0 aliphatic carbocycles. The van der Waals surface area contributed by atoms with Gasteiger partial charge in [-0.15, -0.1) is 0 Å². The van der Waals surface area contributed by atoms with Gasteiger partial charge in [-0.25, -0.2) is 13.0 Å². The molecule has 1 saturated heterocycles. The molecule has 3 aromatic rings. The molecule has 2 unspecified atom stereocenters. The first-order valence-corrected chi connectivity index (χ1v) is 13.7. The van der Waals surface area contributed by atoms with Gasteiger partial charge < -0.3 is 14.2 Å². The van der Waals surface area contributed by atoms with Crippen molar-refractivity contribution in [2.24, 2.45) is 7.05 Å². The Morgan fingerprint density at radius 2 is 1.39 bits per heavy atom. The van der Waals surface area contributed by atoms with Crippen molar-refractivity contribution in [2.45, 2.75) is 31.0 Å². The number of hydrogen-bond donors (Lipinski definition) is 0. The monoisotopic (exact) mass is 568 g/mol. The number of nitrogens with zero attached hydrogens (tertiary/aromatic N) is 2. The van der Waals surface area contributed by atoms with Crippen molar-refractivity contribution in [1.29, 1.82) is 0 Å². The van der Waals surface area contributed by atoms with Gasteiger partial charge in [-0.2, -0.15) is 0 Å². The second-order valence-corrected chi connectivity index (χ2v) is 11.1. The van der Waals surface area contributed by atoms with Gasteiger partial charge in [0.05, 0.1) is 32.2 Å². The molecule has 1 fully saturated rings. The molecule has 4 rings (SSSR count). The standard InChI is InChI=1S/C20H25N2O.C6H3Cl3O3S/c1-16-14-22(15-17(2)23-16)20-8-6-18(7-9-20)4-5-19-10-12-21(3)13-11-19;7-3-1-5(9)6(2-4(3)8)13(10,11)12/h4-13,16-17H,14-15H2,1-3H3;1-2H,(H,10,11,12)/q+1;/p-1. The Morgan fingerprint density at radius 1 is 0.889 bits per heavy atom. The number of ether oxygens (including phenoxy) is 1. The molecule has 0 saturated carbocycles. The lowest BCUT2D eigenvalue weighted by Crippen LogP contribution is -2.45. The summed E-state index contributed by atoms with van der Waals surface area (Å²) in [4.78, 5) is 1.84. The van der Waals surface area contributed by atoms with Crippen molar-refractivity contribution in [3.63, 3.8) is 0 Å². The molecule has 2 atom stereocenters. The number of halogens is 3. The van der Waals surface area contributed by atoms with Gasteiger partial charge in [-0.05, 0) is 49.2 Å². The van der Waals surface area contributed by atoms with Gasteiger partial charge in [0.2, 0.25) is 0 Å². The van der Waals surface area contributed by atoms with Crippen LogP contribution in [0.15, 0.2) is 65.8 Å². The predicted octanol–water partition coefficient (Wildman–Crippen LogP) is 5.85. The summed E-state index contributed by atoms with van der Waals surface area (Å²) in [6.07, 6.45) is 9.00. The van der Waals surface area contributed by atoms with Crippen LogP contribution in [0.3, 0.4) is 0 Å². The number of aromatic nitrogens is 1. The molecule has 2 aromatic carbocycles. The van der Waals surface area contributed by atoms with Gasteiger partial charge in [0.15, 0.2) is 12.4 Å². The Morgan fingerprint density at radius 3 is 1.92 bits per heavy atom. The summed E-state index contributed by atoms with van der Waals surface area (Å²) in [7, 11) is -2.57. The Bertz CT molecular complexity index is 1300. The van der Waals surface area contributed by atoms with E-state index < -0.39 is 15.0 Å². The summed E-state index contributed by atoms with van der Waals surface area (Å²) >= 11 is 16.5. The van der Waals surface area contributed by atoms with Crippen molar-refractivity contribution < 1.29 is 22.3 Å². The maximum atomic E-state index is 10.6.